The number of ether oxygens (including phenoxy) is 2. The van der Waals surface area contributed by atoms with Crippen LogP contribution < -0.4 is 5.43 Å². The van der Waals surface area contributed by atoms with Crippen LogP contribution in [0.3, 0.4) is 0 Å². The van der Waals surface area contributed by atoms with Crippen molar-refractivity contribution in [1.82, 2.24) is 19.6 Å². The molecule has 3 aliphatic rings. The van der Waals surface area contributed by atoms with E-state index >= 15 is 0 Å². The molecule has 272 valence electrons. The van der Waals surface area contributed by atoms with E-state index in [0.717, 1.165) is 10.7 Å². The second kappa shape index (κ2) is 15.1. The third-order valence-corrected chi connectivity index (χ3v) is 10.9. The lowest BCUT2D eigenvalue weighted by atomic mass is 9.83. The molecule has 3 aliphatic heterocycles. The number of aliphatic hydroxyl groups is 1. The number of hydrogen-bond donors (Lipinski definition) is 2. The van der Waals surface area contributed by atoms with Gasteiger partial charge in [0, 0.05) is 72.8 Å². The minimum Gasteiger partial charge on any atom is -0.456 e. The van der Waals surface area contributed by atoms with E-state index in [1.807, 2.05) is 0 Å². The van der Waals surface area contributed by atoms with Gasteiger partial charge in [-0.2, -0.15) is 0 Å². The minimum atomic E-state index is -3.65. The molecule has 0 saturated carbocycles. The number of carbonyl (C=O) groups is 3. The first-order chi connectivity index (χ1) is 24.0. The summed E-state index contributed by atoms with van der Waals surface area (Å²) >= 11 is 1.24. The molecule has 1 unspecified atom stereocenters. The molecule has 0 radical (unpaired) electrons. The van der Waals surface area contributed by atoms with Crippen molar-refractivity contribution >= 4 is 51.1 Å². The van der Waals surface area contributed by atoms with Crippen LogP contribution in [0.1, 0.15) is 30.9 Å². The van der Waals surface area contributed by atoms with Crippen LogP contribution in [0.2, 0.25) is 0 Å². The van der Waals surface area contributed by atoms with E-state index in [2.05, 4.69) is 5.43 Å². The fourth-order valence-electron chi connectivity index (χ4n) is 5.79. The smallest absolute Gasteiger partial charge is 0.414 e. The van der Waals surface area contributed by atoms with Gasteiger partial charge in [0.15, 0.2) is 0 Å². The van der Waals surface area contributed by atoms with Gasteiger partial charge >= 0.3 is 12.1 Å². The molecule has 5 rings (SSSR count). The summed E-state index contributed by atoms with van der Waals surface area (Å²) in [6, 6.07) is 10.4. The molecule has 51 heavy (non-hydrogen) atoms. The molecule has 0 bridgehead atoms. The molecular formula is C31H34N6O12S2. The number of hydrogen-bond acceptors (Lipinski definition) is 14. The number of benzene rings is 2. The van der Waals surface area contributed by atoms with E-state index in [1.54, 1.807) is 0 Å². The molecule has 4 atom stereocenters. The monoisotopic (exact) mass is 746 g/mol. The Morgan fingerprint density at radius 2 is 1.59 bits per heavy atom. The highest BCUT2D eigenvalue weighted by Crippen LogP contribution is 2.49. The van der Waals surface area contributed by atoms with Crippen LogP contribution in [-0.4, -0.2) is 92.8 Å². The fraction of sp³-hybridized carbons (Fsp3) is 0.387. The number of fused-ring (bicyclic) bond motifs is 1. The average molecular weight is 747 g/mol. The van der Waals surface area contributed by atoms with Gasteiger partial charge in [-0.3, -0.25) is 29.9 Å². The first-order valence-electron chi connectivity index (χ1n) is 15.4. The van der Waals surface area contributed by atoms with E-state index in [-0.39, 0.29) is 49.7 Å². The van der Waals surface area contributed by atoms with Gasteiger partial charge in [0.25, 0.3) is 11.4 Å². The Bertz CT molecular complexity index is 1900. The number of sulfonamides is 1. The maximum Gasteiger partial charge on any atom is 0.414 e. The number of nitrogens with zero attached hydrogens (tertiary/aromatic N) is 5. The van der Waals surface area contributed by atoms with Crippen LogP contribution in [0.4, 0.5) is 16.2 Å². The molecular weight excluding hydrogens is 713 g/mol. The molecule has 3 heterocycles. The Kier molecular flexibility index (Phi) is 11.0. The van der Waals surface area contributed by atoms with Gasteiger partial charge in [0.2, 0.25) is 15.9 Å². The molecule has 18 nitrogen and oxygen atoms in total. The number of hydrazine groups is 1. The van der Waals surface area contributed by atoms with Crippen molar-refractivity contribution in [2.24, 2.45) is 5.92 Å². The number of aliphatic hydroxyl groups excluding tert-OH is 1. The number of β-lactam (4-membered cyclic amide) rings is 1. The van der Waals surface area contributed by atoms with E-state index in [1.165, 1.54) is 90.3 Å². The van der Waals surface area contributed by atoms with Gasteiger partial charge < -0.3 is 24.9 Å². The first kappa shape index (κ1) is 37.2. The summed E-state index contributed by atoms with van der Waals surface area (Å²) < 4.78 is 35.8. The molecule has 2 fully saturated rings. The zero-order valence-electron chi connectivity index (χ0n) is 27.5. The lowest BCUT2D eigenvalue weighted by Gasteiger charge is -2.44. The highest BCUT2D eigenvalue weighted by molar-refractivity contribution is 8.03. The van der Waals surface area contributed by atoms with Crippen LogP contribution in [-0.2, 0) is 42.3 Å². The van der Waals surface area contributed by atoms with E-state index in [0.29, 0.717) is 21.7 Å². The van der Waals surface area contributed by atoms with E-state index in [4.69, 9.17) is 9.47 Å². The molecule has 2 aromatic carbocycles. The van der Waals surface area contributed by atoms with Gasteiger partial charge in [0.05, 0.1) is 34.2 Å². The minimum absolute atomic E-state index is 0.00785. The molecule has 20 heteroatoms. The third-order valence-electron chi connectivity index (χ3n) is 8.52. The summed E-state index contributed by atoms with van der Waals surface area (Å²) in [5.41, 5.74) is 3.71. The lowest BCUT2D eigenvalue weighted by molar-refractivity contribution is -0.385. The SMILES string of the molecule is CC(O)[C@H]1C(=O)N2C(C(=O)OCc3ccc([N+](=O)[O-])cc3)=C(S[C@H]3CC(=CNN(C)S(C)(=O)=O)N(C(=O)OCc4ccc([N+](=O)[O-])cc4)C3)C[C@H]12. The predicted octanol–water partition coefficient (Wildman–Crippen LogP) is 2.75. The standard InChI is InChI=1S/C31H34N6O12S2/c1-18(38)27-25-13-26(28(35(25)29(27)39)30(40)48-16-19-4-8-21(9-5-19)36(42)43)50-24-12-23(14-32-33(2)51(3,46)47)34(15-24)31(41)49-17-20-6-10-22(11-7-20)37(44)45/h4-11,14,18,24-25,27,32,38H,12-13,15-17H2,1-3H3/t18?,24-,25+,27+/m0/s1. The van der Waals surface area contributed by atoms with Gasteiger partial charge in [-0.15, -0.1) is 16.2 Å². The normalized spacial score (nSPS) is 21.4. The third kappa shape index (κ3) is 8.30. The van der Waals surface area contributed by atoms with Crippen molar-refractivity contribution in [2.75, 3.05) is 19.8 Å². The van der Waals surface area contributed by atoms with Gasteiger partial charge in [-0.1, -0.05) is 0 Å². The van der Waals surface area contributed by atoms with E-state index in [9.17, 15) is 48.1 Å². The Morgan fingerprint density at radius 1 is 1.04 bits per heavy atom. The van der Waals surface area contributed by atoms with Crippen molar-refractivity contribution in [3.05, 3.63) is 102 Å². The second-order valence-electron chi connectivity index (χ2n) is 12.0. The lowest BCUT2D eigenvalue weighted by Crippen LogP contribution is -2.61. The summed E-state index contributed by atoms with van der Waals surface area (Å²) in [6.45, 7) is 1.12. The number of allylic oxidation sites excluding steroid dienone is 1. The number of likely N-dealkylation sites (tertiary alicyclic amines) is 1. The van der Waals surface area contributed by atoms with E-state index < -0.39 is 61.2 Å². The molecule has 0 spiro atoms. The Morgan fingerprint density at radius 3 is 2.10 bits per heavy atom. The number of rotatable bonds is 13. The topological polar surface area (TPSA) is 232 Å². The van der Waals surface area contributed by atoms with Crippen LogP contribution in [0, 0.1) is 26.1 Å². The zero-order valence-corrected chi connectivity index (χ0v) is 29.2. The van der Waals surface area contributed by atoms with Gasteiger partial charge in [-0.25, -0.2) is 18.0 Å². The van der Waals surface area contributed by atoms with Crippen molar-refractivity contribution in [1.29, 1.82) is 0 Å². The number of nitro benzene ring substituents is 2. The van der Waals surface area contributed by atoms with Crippen LogP contribution >= 0.6 is 11.8 Å². The zero-order chi connectivity index (χ0) is 37.2. The highest BCUT2D eigenvalue weighted by atomic mass is 32.2. The number of esters is 1. The number of nitrogens with one attached hydrogen (secondary N) is 1. The molecule has 0 aliphatic carbocycles. The number of non-ortho nitro benzene ring substituents is 2. The van der Waals surface area contributed by atoms with Crippen molar-refractivity contribution < 1.29 is 47.2 Å². The first-order valence-corrected chi connectivity index (χ1v) is 18.2. The van der Waals surface area contributed by atoms with Crippen LogP contribution in [0.5, 0.6) is 0 Å². The van der Waals surface area contributed by atoms with Gasteiger partial charge in [0.1, 0.15) is 18.9 Å². The average Bonchev–Trinajstić information content (AvgIpc) is 3.63. The van der Waals surface area contributed by atoms with Crippen molar-refractivity contribution in [3.63, 3.8) is 0 Å². The molecule has 2 N–H and O–H groups in total. The highest BCUT2D eigenvalue weighted by Gasteiger charge is 2.57. The Balaban J connectivity index is 1.35. The van der Waals surface area contributed by atoms with Gasteiger partial charge in [-0.05, 0) is 42.3 Å². The maximum absolute atomic E-state index is 13.5. The summed E-state index contributed by atoms with van der Waals surface area (Å²) in [5, 5.41) is 31.8. The number of amides is 2. The summed E-state index contributed by atoms with van der Waals surface area (Å²) in [7, 11) is -2.37. The quantitative estimate of drug-likeness (QED) is 0.130. The summed E-state index contributed by atoms with van der Waals surface area (Å²) in [4.78, 5) is 63.9. The summed E-state index contributed by atoms with van der Waals surface area (Å²) in [6.07, 6.45) is 1.03. The van der Waals surface area contributed by atoms with Crippen molar-refractivity contribution in [3.8, 4) is 0 Å². The second-order valence-corrected chi connectivity index (χ2v) is 15.5. The molecule has 2 amide bonds. The van der Waals surface area contributed by atoms with Crippen LogP contribution in [0.25, 0.3) is 0 Å². The predicted molar refractivity (Wildman–Crippen MR) is 180 cm³/mol. The summed E-state index contributed by atoms with van der Waals surface area (Å²) in [5.74, 6) is -1.98. The fourth-order valence-corrected chi connectivity index (χ4v) is 7.48. The maximum atomic E-state index is 13.5. The molecule has 2 saturated heterocycles. The number of thioether (sulfide) groups is 1. The van der Waals surface area contributed by atoms with Crippen LogP contribution in [0.15, 0.2) is 71.0 Å². The molecule has 2 aromatic rings. The molecule has 0 aromatic heterocycles. The largest absolute Gasteiger partial charge is 0.456 e. The van der Waals surface area contributed by atoms with Crippen molar-refractivity contribution in [2.45, 2.75) is 50.4 Å². The Hall–Kier alpha value is -5.05. The number of nitro groups is 2. The Labute approximate surface area is 296 Å². The number of carbonyl (C=O) groups excluding carboxylic acids is 3.